The second-order valence-corrected chi connectivity index (χ2v) is 7.23. The summed E-state index contributed by atoms with van der Waals surface area (Å²) >= 11 is 0. The quantitative estimate of drug-likeness (QED) is 0.444. The van der Waals surface area contributed by atoms with Crippen LogP contribution in [0.5, 0.6) is 0 Å². The van der Waals surface area contributed by atoms with Gasteiger partial charge in [0.25, 0.3) is 0 Å². The Labute approximate surface area is 160 Å². The third kappa shape index (κ3) is 5.37. The molecule has 0 aliphatic heterocycles. The molecule has 0 heterocycles. The highest BCUT2D eigenvalue weighted by Crippen LogP contribution is 2.25. The van der Waals surface area contributed by atoms with Crippen molar-refractivity contribution >= 4 is 5.57 Å². The Kier molecular flexibility index (Phi) is 7.73. The Hall–Kier alpha value is -2.26. The summed E-state index contributed by atoms with van der Waals surface area (Å²) in [6.07, 6.45) is 11.4. The first-order chi connectivity index (χ1) is 12.6. The maximum absolute atomic E-state index is 5.54. The van der Waals surface area contributed by atoms with Gasteiger partial charge < -0.3 is 0 Å². The smallest absolute Gasteiger partial charge is 0.00217 e. The van der Waals surface area contributed by atoms with E-state index in [-0.39, 0.29) is 0 Å². The average molecular weight is 345 g/mol. The van der Waals surface area contributed by atoms with E-state index in [1.54, 1.807) is 0 Å². The van der Waals surface area contributed by atoms with Crippen LogP contribution in [0.2, 0.25) is 0 Å². The molecule has 0 nitrogen and oxygen atoms in total. The summed E-state index contributed by atoms with van der Waals surface area (Å²) in [6.45, 7) is 8.67. The highest BCUT2D eigenvalue weighted by atomic mass is 14.1. The molecule has 0 aliphatic rings. The third-order valence-corrected chi connectivity index (χ3v) is 5.42. The molecule has 0 spiro atoms. The van der Waals surface area contributed by atoms with Crippen LogP contribution in [-0.4, -0.2) is 0 Å². The SMILES string of the molecule is C#C/C(C)=C(/C)c1cccc(CCc2ccc(C(CC)CCC)cc2)c1. The number of terminal acetylenes is 1. The molecule has 1 atom stereocenters. The fourth-order valence-electron chi connectivity index (χ4n) is 3.48. The van der Waals surface area contributed by atoms with Crippen molar-refractivity contribution in [3.8, 4) is 12.3 Å². The minimum atomic E-state index is 0.708. The maximum Gasteiger partial charge on any atom is 0.00217 e. The lowest BCUT2D eigenvalue weighted by atomic mass is 9.91. The molecule has 26 heavy (non-hydrogen) atoms. The normalized spacial score (nSPS) is 13.0. The van der Waals surface area contributed by atoms with E-state index < -0.39 is 0 Å². The van der Waals surface area contributed by atoms with Crippen molar-refractivity contribution in [3.63, 3.8) is 0 Å². The minimum absolute atomic E-state index is 0.708. The number of allylic oxidation sites excluding steroid dienone is 2. The lowest BCUT2D eigenvalue weighted by molar-refractivity contribution is 0.596. The number of hydrogen-bond acceptors (Lipinski definition) is 0. The van der Waals surface area contributed by atoms with Gasteiger partial charge in [-0.05, 0) is 73.3 Å². The molecule has 2 aromatic rings. The second-order valence-electron chi connectivity index (χ2n) is 7.23. The van der Waals surface area contributed by atoms with Gasteiger partial charge in [0.2, 0.25) is 0 Å². The summed E-state index contributed by atoms with van der Waals surface area (Å²) in [6, 6.07) is 18.1. The van der Waals surface area contributed by atoms with Gasteiger partial charge in [-0.3, -0.25) is 0 Å². The predicted molar refractivity (Wildman–Crippen MR) is 115 cm³/mol. The van der Waals surface area contributed by atoms with Crippen LogP contribution in [0.1, 0.15) is 75.1 Å². The average Bonchev–Trinajstić information content (AvgIpc) is 2.70. The van der Waals surface area contributed by atoms with Crippen molar-refractivity contribution in [1.82, 2.24) is 0 Å². The van der Waals surface area contributed by atoms with E-state index in [9.17, 15) is 0 Å². The van der Waals surface area contributed by atoms with Crippen LogP contribution in [0.4, 0.5) is 0 Å². The molecule has 0 fully saturated rings. The predicted octanol–water partition coefficient (Wildman–Crippen LogP) is 7.19. The van der Waals surface area contributed by atoms with E-state index in [4.69, 9.17) is 6.42 Å². The van der Waals surface area contributed by atoms with Gasteiger partial charge in [-0.15, -0.1) is 6.42 Å². The van der Waals surface area contributed by atoms with Crippen LogP contribution in [0, 0.1) is 12.3 Å². The van der Waals surface area contributed by atoms with Gasteiger partial charge in [-0.1, -0.05) is 74.7 Å². The van der Waals surface area contributed by atoms with Crippen LogP contribution in [-0.2, 0) is 12.8 Å². The van der Waals surface area contributed by atoms with Gasteiger partial charge in [0.05, 0.1) is 0 Å². The second kappa shape index (κ2) is 10.0. The summed E-state index contributed by atoms with van der Waals surface area (Å²) in [5, 5.41) is 0. The van der Waals surface area contributed by atoms with Crippen molar-refractivity contribution in [3.05, 3.63) is 76.4 Å². The fraction of sp³-hybridized carbons (Fsp3) is 0.385. The van der Waals surface area contributed by atoms with E-state index in [2.05, 4.69) is 75.2 Å². The lowest BCUT2D eigenvalue weighted by Crippen LogP contribution is -1.98. The lowest BCUT2D eigenvalue weighted by Gasteiger charge is -2.14. The first kappa shape index (κ1) is 20.1. The van der Waals surface area contributed by atoms with E-state index in [1.807, 2.05) is 6.92 Å². The van der Waals surface area contributed by atoms with Crippen LogP contribution in [0.25, 0.3) is 5.57 Å². The number of hydrogen-bond donors (Lipinski definition) is 0. The van der Waals surface area contributed by atoms with Crippen molar-refractivity contribution in [2.75, 3.05) is 0 Å². The molecular formula is C26H32. The van der Waals surface area contributed by atoms with Crippen molar-refractivity contribution in [2.45, 2.75) is 65.7 Å². The number of aryl methyl sites for hydroxylation is 2. The Morgan fingerprint density at radius 3 is 2.27 bits per heavy atom. The van der Waals surface area contributed by atoms with E-state index in [0.29, 0.717) is 5.92 Å². The first-order valence-electron chi connectivity index (χ1n) is 9.91. The van der Waals surface area contributed by atoms with Gasteiger partial charge in [0.15, 0.2) is 0 Å². The van der Waals surface area contributed by atoms with Crippen LogP contribution in [0.3, 0.4) is 0 Å². The summed E-state index contributed by atoms with van der Waals surface area (Å²) in [5.41, 5.74) is 7.71. The largest absolute Gasteiger partial charge is 0.115 e. The Morgan fingerprint density at radius 2 is 1.65 bits per heavy atom. The molecule has 2 aromatic carbocycles. The van der Waals surface area contributed by atoms with Crippen LogP contribution < -0.4 is 0 Å². The molecule has 0 amide bonds. The first-order valence-corrected chi connectivity index (χ1v) is 9.91. The third-order valence-electron chi connectivity index (χ3n) is 5.42. The fourth-order valence-corrected chi connectivity index (χ4v) is 3.48. The van der Waals surface area contributed by atoms with Crippen LogP contribution in [0.15, 0.2) is 54.1 Å². The van der Waals surface area contributed by atoms with Gasteiger partial charge >= 0.3 is 0 Å². The zero-order valence-corrected chi connectivity index (χ0v) is 16.8. The summed E-state index contributed by atoms with van der Waals surface area (Å²) in [5.74, 6) is 3.46. The Morgan fingerprint density at radius 1 is 0.962 bits per heavy atom. The number of rotatable bonds is 8. The summed E-state index contributed by atoms with van der Waals surface area (Å²) < 4.78 is 0. The monoisotopic (exact) mass is 344 g/mol. The zero-order valence-electron chi connectivity index (χ0n) is 16.8. The summed E-state index contributed by atoms with van der Waals surface area (Å²) in [4.78, 5) is 0. The van der Waals surface area contributed by atoms with Crippen LogP contribution >= 0.6 is 0 Å². The molecule has 0 bridgehead atoms. The van der Waals surface area contributed by atoms with Gasteiger partial charge in [-0.2, -0.15) is 0 Å². The molecule has 0 heteroatoms. The molecule has 0 aromatic heterocycles. The van der Waals surface area contributed by atoms with E-state index >= 15 is 0 Å². The molecule has 0 saturated heterocycles. The molecule has 0 aliphatic carbocycles. The summed E-state index contributed by atoms with van der Waals surface area (Å²) in [7, 11) is 0. The Bertz CT molecular complexity index is 768. The van der Waals surface area contributed by atoms with E-state index in [0.717, 1.165) is 18.4 Å². The topological polar surface area (TPSA) is 0 Å². The van der Waals surface area contributed by atoms with Crippen molar-refractivity contribution < 1.29 is 0 Å². The molecule has 0 saturated carbocycles. The molecule has 0 radical (unpaired) electrons. The molecule has 1 unspecified atom stereocenters. The zero-order chi connectivity index (χ0) is 18.9. The highest BCUT2D eigenvalue weighted by molar-refractivity contribution is 5.70. The van der Waals surface area contributed by atoms with Gasteiger partial charge in [0.1, 0.15) is 0 Å². The minimum Gasteiger partial charge on any atom is -0.115 e. The van der Waals surface area contributed by atoms with E-state index in [1.165, 1.54) is 47.1 Å². The molecular weight excluding hydrogens is 312 g/mol. The Balaban J connectivity index is 2.04. The molecule has 0 N–H and O–H groups in total. The maximum atomic E-state index is 5.54. The molecule has 2 rings (SSSR count). The van der Waals surface area contributed by atoms with Gasteiger partial charge in [0, 0.05) is 5.57 Å². The highest BCUT2D eigenvalue weighted by Gasteiger charge is 2.08. The standard InChI is InChI=1S/C26H32/c1-6-10-24(8-3)25-17-15-22(16-18-25)13-14-23-11-9-12-26(19-23)21(5)20(4)7-2/h2,9,11-12,15-19,24H,6,8,10,13-14H2,1,3-5H3/b21-20-. The number of benzene rings is 2. The van der Waals surface area contributed by atoms with Crippen molar-refractivity contribution in [2.24, 2.45) is 0 Å². The van der Waals surface area contributed by atoms with Gasteiger partial charge in [-0.25, -0.2) is 0 Å². The van der Waals surface area contributed by atoms with Crippen molar-refractivity contribution in [1.29, 1.82) is 0 Å². The molecule has 136 valence electrons.